The van der Waals surface area contributed by atoms with Crippen LogP contribution in [0.5, 0.6) is 0 Å². The molecule has 2 aliphatic rings. The number of hydrogen-bond donors (Lipinski definition) is 8. The minimum Gasteiger partial charge on any atom is -0.481 e. The Bertz CT molecular complexity index is 3090. The van der Waals surface area contributed by atoms with Crippen LogP contribution in [-0.2, 0) is 56.1 Å². The molecule has 0 saturated carbocycles. The number of ether oxygens (including phenoxy) is 3. The Hall–Kier alpha value is -7.39. The molecule has 476 valence electrons. The van der Waals surface area contributed by atoms with Gasteiger partial charge in [-0.25, -0.2) is 14.4 Å². The number of aliphatic carboxylic acids is 1. The zero-order valence-electron chi connectivity index (χ0n) is 54.5. The Labute approximate surface area is 526 Å². The van der Waals surface area contributed by atoms with Gasteiger partial charge in [-0.2, -0.15) is 0 Å². The average molecular weight is 1270 g/mol. The normalized spacial score (nSPS) is 12.3. The summed E-state index contributed by atoms with van der Waals surface area (Å²) in [6, 6.07) is 25.6. The lowest BCUT2D eigenvalue weighted by molar-refractivity contribution is -0.134. The minimum atomic E-state index is -0.833. The Morgan fingerprint density at radius 3 is 1.34 bits per heavy atom. The standard InChI is InChI=1S/C17H23NO3.C14H19NO.C13H19NO3.C12H16BrNO2.C12H17N.C2H4O2/c1-13-9-10-14(8-6-5-7-11-19)12-15(13)18-16(20)21-17(2,3)4;1-10-8-12-6-4-3-5-7-13(12)9-14(10)15-11(2)16;1-9-5-6-10(8-15)7-11(9)14-12(16)17-13(2,3)4;1-8-5-6-9(13)7-10(8)14-11(15)16-12(2,3)4;1-9-7-10-5-3-2-4-6-11(10)8-12(9)13;1-2(3)4/h9-10,12,19H,5,7,11H2,1-4H3,(H,18,20);8-9H,3-7H2,1-2H3,(H,15,16);5-7,15H,8H2,1-4H3,(H,14,16);5-7H,1-4H3,(H,14,15);7-8H,2-6,13H2,1H3;1H3,(H,3,4). The van der Waals surface area contributed by atoms with Gasteiger partial charge in [0.25, 0.3) is 5.97 Å². The number of aliphatic hydroxyl groups is 2. The third-order valence-electron chi connectivity index (χ3n) is 12.8. The third kappa shape index (κ3) is 32.8. The number of carboxylic acids is 1. The lowest BCUT2D eigenvalue weighted by Crippen LogP contribution is -2.27. The fourth-order valence-electron chi connectivity index (χ4n) is 8.55. The molecule has 0 atom stereocenters. The molecule has 9 N–H and O–H groups in total. The summed E-state index contributed by atoms with van der Waals surface area (Å²) in [4.78, 5) is 55.0. The number of aryl methyl sites for hydroxylation is 9. The number of hydrogen-bond acceptors (Lipinski definition) is 11. The van der Waals surface area contributed by atoms with Gasteiger partial charge in [0.2, 0.25) is 5.91 Å². The fraction of sp³-hybridized carbons (Fsp3) is 0.471. The van der Waals surface area contributed by atoms with Crippen LogP contribution < -0.4 is 27.0 Å². The van der Waals surface area contributed by atoms with E-state index in [9.17, 15) is 19.2 Å². The quantitative estimate of drug-likeness (QED) is 0.0249. The van der Waals surface area contributed by atoms with Crippen LogP contribution in [-0.4, -0.2) is 68.9 Å². The first kappa shape index (κ1) is 75.7. The molecule has 16 nitrogen and oxygen atoms in total. The van der Waals surface area contributed by atoms with Crippen LogP contribution in [0.3, 0.4) is 0 Å². The number of carbonyl (C=O) groups is 5. The van der Waals surface area contributed by atoms with Gasteiger partial charge in [0, 0.05) is 65.3 Å². The molecule has 0 bridgehead atoms. The van der Waals surface area contributed by atoms with Gasteiger partial charge in [-0.3, -0.25) is 25.5 Å². The summed E-state index contributed by atoms with van der Waals surface area (Å²) in [6.07, 6.45) is 12.7. The van der Waals surface area contributed by atoms with E-state index in [0.29, 0.717) is 24.2 Å². The SMILES string of the molecule is CC(=O)Nc1cc2c(cc1C)CCCCC2.CC(=O)O.Cc1cc2c(cc1N)CCCCC2.Cc1ccc(Br)cc1NC(=O)OC(C)(C)C.Cc1ccc(C#CCCCO)cc1NC(=O)OC(C)(C)C.Cc1ccc(CO)cc1NC(=O)OC(C)(C)C. The maximum atomic E-state index is 11.8. The first-order chi connectivity index (χ1) is 40.6. The van der Waals surface area contributed by atoms with E-state index in [-0.39, 0.29) is 19.1 Å². The Morgan fingerprint density at radius 1 is 0.517 bits per heavy atom. The van der Waals surface area contributed by atoms with Gasteiger partial charge < -0.3 is 40.6 Å². The summed E-state index contributed by atoms with van der Waals surface area (Å²) in [5.74, 6) is 5.18. The van der Waals surface area contributed by atoms with Gasteiger partial charge in [0.1, 0.15) is 16.8 Å². The molecule has 0 radical (unpaired) electrons. The van der Waals surface area contributed by atoms with E-state index < -0.39 is 41.1 Å². The lowest BCUT2D eigenvalue weighted by Gasteiger charge is -2.20. The van der Waals surface area contributed by atoms with Gasteiger partial charge in [-0.15, -0.1) is 0 Å². The largest absolute Gasteiger partial charge is 0.481 e. The topological polar surface area (TPSA) is 248 Å². The maximum absolute atomic E-state index is 11.8. The number of rotatable bonds is 7. The van der Waals surface area contributed by atoms with Crippen LogP contribution in [0.25, 0.3) is 0 Å². The summed E-state index contributed by atoms with van der Waals surface area (Å²) < 4.78 is 16.5. The molecule has 5 aromatic carbocycles. The fourth-order valence-corrected chi connectivity index (χ4v) is 8.91. The Morgan fingerprint density at radius 2 is 0.908 bits per heavy atom. The number of nitrogens with two attached hydrogens (primary N) is 1. The lowest BCUT2D eigenvalue weighted by atomic mass is 9.99. The van der Waals surface area contributed by atoms with Crippen LogP contribution in [0, 0.1) is 46.5 Å². The number of carboxylic acid groups (broad SMARTS) is 1. The minimum absolute atomic E-state index is 0.0108. The molecule has 0 aromatic heterocycles. The highest BCUT2D eigenvalue weighted by molar-refractivity contribution is 9.10. The number of amides is 4. The highest BCUT2D eigenvalue weighted by Crippen LogP contribution is 2.28. The number of fused-ring (bicyclic) bond motifs is 2. The van der Waals surface area contributed by atoms with E-state index in [0.717, 1.165) is 62.7 Å². The van der Waals surface area contributed by atoms with Crippen molar-refractivity contribution in [1.82, 2.24) is 0 Å². The first-order valence-corrected chi connectivity index (χ1v) is 30.5. The number of carbonyl (C=O) groups excluding carboxylic acids is 4. The number of halogens is 1. The second kappa shape index (κ2) is 37.3. The van der Waals surface area contributed by atoms with E-state index in [2.05, 4.69) is 87.2 Å². The van der Waals surface area contributed by atoms with Crippen molar-refractivity contribution in [2.75, 3.05) is 33.6 Å². The predicted octanol–water partition coefficient (Wildman–Crippen LogP) is 16.6. The van der Waals surface area contributed by atoms with Crippen molar-refractivity contribution in [2.45, 2.75) is 211 Å². The van der Waals surface area contributed by atoms with Crippen molar-refractivity contribution in [3.05, 3.63) is 145 Å². The average Bonchev–Trinajstić information content (AvgIpc) is 2.58. The second-order valence-electron chi connectivity index (χ2n) is 24.5. The van der Waals surface area contributed by atoms with Crippen LogP contribution in [0.4, 0.5) is 42.8 Å². The molecule has 0 aliphatic heterocycles. The predicted molar refractivity (Wildman–Crippen MR) is 357 cm³/mol. The van der Waals surface area contributed by atoms with E-state index in [4.69, 9.17) is 40.1 Å². The van der Waals surface area contributed by atoms with Gasteiger partial charge in [-0.05, 0) is 253 Å². The van der Waals surface area contributed by atoms with Crippen LogP contribution >= 0.6 is 15.9 Å². The van der Waals surface area contributed by atoms with E-state index >= 15 is 0 Å². The van der Waals surface area contributed by atoms with Gasteiger partial charge in [0.15, 0.2) is 0 Å². The van der Waals surface area contributed by atoms with Crippen molar-refractivity contribution in [3.63, 3.8) is 0 Å². The highest BCUT2D eigenvalue weighted by Gasteiger charge is 2.20. The van der Waals surface area contributed by atoms with Crippen molar-refractivity contribution in [3.8, 4) is 11.8 Å². The van der Waals surface area contributed by atoms with Crippen molar-refractivity contribution >= 4 is 74.5 Å². The molecule has 0 fully saturated rings. The van der Waals surface area contributed by atoms with Crippen LogP contribution in [0.1, 0.15) is 189 Å². The highest BCUT2D eigenvalue weighted by atomic mass is 79.9. The van der Waals surface area contributed by atoms with Gasteiger partial charge >= 0.3 is 18.3 Å². The van der Waals surface area contributed by atoms with Crippen molar-refractivity contribution in [1.29, 1.82) is 0 Å². The number of nitrogen functional groups attached to an aromatic ring is 1. The molecule has 0 spiro atoms. The molecule has 5 aromatic rings. The summed E-state index contributed by atoms with van der Waals surface area (Å²) in [7, 11) is 0. The number of unbranched alkanes of at least 4 members (excludes halogenated alkanes) is 1. The zero-order chi connectivity index (χ0) is 65.7. The van der Waals surface area contributed by atoms with Crippen LogP contribution in [0.15, 0.2) is 83.3 Å². The third-order valence-corrected chi connectivity index (χ3v) is 13.2. The number of benzene rings is 5. The monoisotopic (exact) mass is 1260 g/mol. The van der Waals surface area contributed by atoms with Gasteiger partial charge in [-0.1, -0.05) is 77.0 Å². The second-order valence-corrected chi connectivity index (χ2v) is 25.5. The molecule has 0 unspecified atom stereocenters. The number of nitrogens with one attached hydrogen (secondary N) is 4. The van der Waals surface area contributed by atoms with Crippen molar-refractivity contribution in [2.24, 2.45) is 0 Å². The molecule has 17 heteroatoms. The number of anilines is 5. The van der Waals surface area contributed by atoms with Crippen LogP contribution in [0.2, 0.25) is 0 Å². The number of aliphatic hydroxyl groups excluding tert-OH is 2. The first-order valence-electron chi connectivity index (χ1n) is 29.7. The zero-order valence-corrected chi connectivity index (χ0v) is 56.1. The summed E-state index contributed by atoms with van der Waals surface area (Å²) >= 11 is 3.36. The van der Waals surface area contributed by atoms with Gasteiger partial charge in [0.05, 0.1) is 6.61 Å². The summed E-state index contributed by atoms with van der Waals surface area (Å²) in [5, 5.41) is 36.2. The summed E-state index contributed by atoms with van der Waals surface area (Å²) in [5.41, 5.74) is 21.2. The molecule has 4 amide bonds. The molecule has 0 heterocycles. The Balaban J connectivity index is 0.000000367. The molecule has 7 rings (SSSR count). The molecular weight excluding hydrogens is 1170 g/mol. The molecule has 2 aliphatic carbocycles. The van der Waals surface area contributed by atoms with E-state index in [1.54, 1.807) is 13.0 Å². The molecular formula is C70H98BrN5O11. The van der Waals surface area contributed by atoms with E-state index in [1.807, 2.05) is 132 Å². The van der Waals surface area contributed by atoms with E-state index in [1.165, 1.54) is 91.2 Å². The van der Waals surface area contributed by atoms with Crippen molar-refractivity contribution < 1.29 is 53.5 Å². The smallest absolute Gasteiger partial charge is 0.412 e. The molecule has 0 saturated heterocycles. The summed E-state index contributed by atoms with van der Waals surface area (Å²) in [6.45, 7) is 29.0. The maximum Gasteiger partial charge on any atom is 0.412 e. The molecule has 87 heavy (non-hydrogen) atoms. The Kier molecular flexibility index (Phi) is 32.5.